The third-order valence-electron chi connectivity index (χ3n) is 5.81. The van der Waals surface area contributed by atoms with Crippen molar-refractivity contribution in [2.75, 3.05) is 16.2 Å². The fraction of sp³-hybridized carbons (Fsp3) is 0.200. The van der Waals surface area contributed by atoms with Crippen LogP contribution in [-0.2, 0) is 16.4 Å². The quantitative estimate of drug-likeness (QED) is 0.432. The number of carbonyl (C=O) groups is 1. The van der Waals surface area contributed by atoms with Gasteiger partial charge in [-0.3, -0.25) is 14.4 Å². The minimum atomic E-state index is -3.71. The number of anilines is 2. The Balaban J connectivity index is 1.37. The van der Waals surface area contributed by atoms with Crippen LogP contribution in [0.25, 0.3) is 10.2 Å². The van der Waals surface area contributed by atoms with Gasteiger partial charge in [0.05, 0.1) is 20.8 Å². The molecule has 2 heterocycles. The van der Waals surface area contributed by atoms with E-state index in [2.05, 4.69) is 16.4 Å². The van der Waals surface area contributed by atoms with Crippen LogP contribution >= 0.6 is 11.3 Å². The SMILES string of the molecule is Cc1cc(C)c2sc(NC(=O)c3ccc(S(=O)(=O)N4CCCc5ccccc54)cc3)nc2c1. The van der Waals surface area contributed by atoms with Gasteiger partial charge in [0.25, 0.3) is 15.9 Å². The fourth-order valence-corrected chi connectivity index (χ4v) is 6.70. The van der Waals surface area contributed by atoms with E-state index >= 15 is 0 Å². The summed E-state index contributed by atoms with van der Waals surface area (Å²) in [5, 5.41) is 3.36. The summed E-state index contributed by atoms with van der Waals surface area (Å²) in [5.41, 5.74) is 5.24. The average Bonchev–Trinajstić information content (AvgIpc) is 3.21. The summed E-state index contributed by atoms with van der Waals surface area (Å²) in [4.78, 5) is 17.5. The van der Waals surface area contributed by atoms with Gasteiger partial charge in [-0.05, 0) is 79.8 Å². The predicted molar refractivity (Wildman–Crippen MR) is 133 cm³/mol. The van der Waals surface area contributed by atoms with Crippen LogP contribution < -0.4 is 9.62 Å². The molecule has 6 nitrogen and oxygen atoms in total. The third kappa shape index (κ3) is 4.00. The van der Waals surface area contributed by atoms with Crippen molar-refractivity contribution in [3.63, 3.8) is 0 Å². The first-order valence-electron chi connectivity index (χ1n) is 10.7. The Hall–Kier alpha value is -3.23. The molecule has 0 bridgehead atoms. The molecule has 1 N–H and O–H groups in total. The van der Waals surface area contributed by atoms with Gasteiger partial charge >= 0.3 is 0 Å². The lowest BCUT2D eigenvalue weighted by molar-refractivity contribution is 0.102. The highest BCUT2D eigenvalue weighted by Crippen LogP contribution is 2.32. The molecule has 0 saturated carbocycles. The fourth-order valence-electron chi connectivity index (χ4n) is 4.25. The molecular formula is C25H23N3O3S2. The van der Waals surface area contributed by atoms with Gasteiger partial charge in [0, 0.05) is 12.1 Å². The summed E-state index contributed by atoms with van der Waals surface area (Å²) in [6.45, 7) is 4.49. The number of fused-ring (bicyclic) bond motifs is 2. The number of hydrogen-bond donors (Lipinski definition) is 1. The second-order valence-electron chi connectivity index (χ2n) is 8.24. The number of rotatable bonds is 4. The minimum Gasteiger partial charge on any atom is -0.298 e. The van der Waals surface area contributed by atoms with Crippen molar-refractivity contribution in [1.29, 1.82) is 0 Å². The Labute approximate surface area is 197 Å². The summed E-state index contributed by atoms with van der Waals surface area (Å²) in [7, 11) is -3.71. The summed E-state index contributed by atoms with van der Waals surface area (Å²) in [5.74, 6) is -0.323. The second kappa shape index (κ2) is 8.28. The number of nitrogens with zero attached hydrogens (tertiary/aromatic N) is 2. The zero-order valence-electron chi connectivity index (χ0n) is 18.3. The first-order chi connectivity index (χ1) is 15.8. The van der Waals surface area contributed by atoms with Crippen molar-refractivity contribution >= 4 is 48.3 Å². The normalized spacial score (nSPS) is 13.7. The zero-order valence-corrected chi connectivity index (χ0v) is 20.0. The van der Waals surface area contributed by atoms with Gasteiger partial charge in [-0.2, -0.15) is 0 Å². The van der Waals surface area contributed by atoms with Crippen LogP contribution in [0.15, 0.2) is 65.6 Å². The predicted octanol–water partition coefficient (Wildman–Crippen LogP) is 5.31. The van der Waals surface area contributed by atoms with Gasteiger partial charge in [-0.1, -0.05) is 35.6 Å². The number of para-hydroxylation sites is 1. The molecule has 1 aliphatic rings. The number of aromatic nitrogens is 1. The highest BCUT2D eigenvalue weighted by atomic mass is 32.2. The molecule has 3 aromatic carbocycles. The Kier molecular flexibility index (Phi) is 5.42. The van der Waals surface area contributed by atoms with E-state index in [1.54, 1.807) is 12.1 Å². The number of thiazole rings is 1. The Morgan fingerprint density at radius 1 is 1.06 bits per heavy atom. The molecule has 0 aliphatic carbocycles. The summed E-state index contributed by atoms with van der Waals surface area (Å²) in [6, 6.07) is 17.7. The minimum absolute atomic E-state index is 0.168. The first kappa shape index (κ1) is 21.6. The maximum absolute atomic E-state index is 13.3. The van der Waals surface area contributed by atoms with Gasteiger partial charge in [0.15, 0.2) is 5.13 Å². The summed E-state index contributed by atoms with van der Waals surface area (Å²) >= 11 is 1.43. The van der Waals surface area contributed by atoms with Crippen LogP contribution in [0.5, 0.6) is 0 Å². The second-order valence-corrected chi connectivity index (χ2v) is 11.1. The van der Waals surface area contributed by atoms with Crippen LogP contribution in [0.3, 0.4) is 0 Å². The lowest BCUT2D eigenvalue weighted by Crippen LogP contribution is -2.35. The molecule has 4 aromatic rings. The molecule has 5 rings (SSSR count). The van der Waals surface area contributed by atoms with E-state index in [9.17, 15) is 13.2 Å². The van der Waals surface area contributed by atoms with Gasteiger partial charge in [-0.15, -0.1) is 0 Å². The van der Waals surface area contributed by atoms with Crippen molar-refractivity contribution in [2.24, 2.45) is 0 Å². The summed E-state index contributed by atoms with van der Waals surface area (Å²) in [6.07, 6.45) is 1.64. The van der Waals surface area contributed by atoms with Gasteiger partial charge in [0.1, 0.15) is 0 Å². The Morgan fingerprint density at radius 3 is 2.61 bits per heavy atom. The van der Waals surface area contributed by atoms with E-state index in [0.717, 1.165) is 45.4 Å². The summed E-state index contributed by atoms with van der Waals surface area (Å²) < 4.78 is 29.1. The monoisotopic (exact) mass is 477 g/mol. The van der Waals surface area contributed by atoms with E-state index in [1.807, 2.05) is 44.2 Å². The molecule has 0 saturated heterocycles. The van der Waals surface area contributed by atoms with Crippen molar-refractivity contribution in [2.45, 2.75) is 31.6 Å². The largest absolute Gasteiger partial charge is 0.298 e. The molecular weight excluding hydrogens is 454 g/mol. The lowest BCUT2D eigenvalue weighted by Gasteiger charge is -2.30. The number of nitrogens with one attached hydrogen (secondary N) is 1. The molecule has 0 spiro atoms. The number of aryl methyl sites for hydroxylation is 3. The van der Waals surface area contributed by atoms with E-state index in [4.69, 9.17) is 0 Å². The van der Waals surface area contributed by atoms with E-state index in [1.165, 1.54) is 27.8 Å². The van der Waals surface area contributed by atoms with Crippen molar-refractivity contribution in [3.8, 4) is 0 Å². The molecule has 1 amide bonds. The number of hydrogen-bond acceptors (Lipinski definition) is 5. The Morgan fingerprint density at radius 2 is 1.82 bits per heavy atom. The lowest BCUT2D eigenvalue weighted by atomic mass is 10.0. The van der Waals surface area contributed by atoms with Crippen LogP contribution in [0, 0.1) is 13.8 Å². The molecule has 168 valence electrons. The average molecular weight is 478 g/mol. The molecule has 1 aromatic heterocycles. The molecule has 0 unspecified atom stereocenters. The number of amides is 1. The molecule has 0 fully saturated rings. The first-order valence-corrected chi connectivity index (χ1v) is 13.0. The van der Waals surface area contributed by atoms with Crippen LogP contribution in [0.1, 0.15) is 33.5 Å². The van der Waals surface area contributed by atoms with Gasteiger partial charge in [-0.25, -0.2) is 13.4 Å². The van der Waals surface area contributed by atoms with E-state index in [0.29, 0.717) is 17.2 Å². The zero-order chi connectivity index (χ0) is 23.2. The number of benzene rings is 3. The topological polar surface area (TPSA) is 79.4 Å². The van der Waals surface area contributed by atoms with Gasteiger partial charge < -0.3 is 0 Å². The molecule has 1 aliphatic heterocycles. The third-order valence-corrected chi connectivity index (χ3v) is 8.76. The van der Waals surface area contributed by atoms with Crippen LogP contribution in [0.4, 0.5) is 10.8 Å². The van der Waals surface area contributed by atoms with Gasteiger partial charge in [0.2, 0.25) is 0 Å². The van der Waals surface area contributed by atoms with Crippen molar-refractivity contribution in [1.82, 2.24) is 4.98 Å². The number of sulfonamides is 1. The highest BCUT2D eigenvalue weighted by molar-refractivity contribution is 7.92. The molecule has 8 heteroatoms. The van der Waals surface area contributed by atoms with Crippen LogP contribution in [0.2, 0.25) is 0 Å². The molecule has 33 heavy (non-hydrogen) atoms. The van der Waals surface area contributed by atoms with E-state index < -0.39 is 10.0 Å². The molecule has 0 atom stereocenters. The van der Waals surface area contributed by atoms with Crippen LogP contribution in [-0.4, -0.2) is 25.9 Å². The Bertz CT molecular complexity index is 1470. The smallest absolute Gasteiger partial charge is 0.264 e. The van der Waals surface area contributed by atoms with E-state index in [-0.39, 0.29) is 10.8 Å². The maximum Gasteiger partial charge on any atom is 0.264 e. The molecule has 0 radical (unpaired) electrons. The maximum atomic E-state index is 13.3. The van der Waals surface area contributed by atoms with Crippen molar-refractivity contribution < 1.29 is 13.2 Å². The highest BCUT2D eigenvalue weighted by Gasteiger charge is 2.29. The standard InChI is InChI=1S/C25H23N3O3S2/c1-16-14-17(2)23-21(15-16)26-25(32-23)27-24(29)19-9-11-20(12-10-19)33(30,31)28-13-5-7-18-6-3-4-8-22(18)28/h3-4,6,8-12,14-15H,5,7,13H2,1-2H3,(H,26,27,29). The number of carbonyl (C=O) groups excluding carboxylic acids is 1. The van der Waals surface area contributed by atoms with Crippen molar-refractivity contribution in [3.05, 3.63) is 82.9 Å².